The first-order chi connectivity index (χ1) is 4.54. The third-order valence-electron chi connectivity index (χ3n) is 0.986. The van der Waals surface area contributed by atoms with E-state index in [-0.39, 0.29) is 52.8 Å². The van der Waals surface area contributed by atoms with Crippen molar-refractivity contribution >= 4 is 11.9 Å². The number of carbonyl (C=O) groups is 2. The number of carboxylic acids is 2. The summed E-state index contributed by atoms with van der Waals surface area (Å²) >= 11 is 0. The molecule has 0 rings (SSSR count). The van der Waals surface area contributed by atoms with Crippen molar-refractivity contribution < 1.29 is 59.7 Å². The van der Waals surface area contributed by atoms with Crippen LogP contribution in [-0.4, -0.2) is 28.2 Å². The molecule has 4 N–H and O–H groups in total. The molecule has 0 aromatic rings. The van der Waals surface area contributed by atoms with Crippen LogP contribution in [0.25, 0.3) is 0 Å². The Kier molecular flexibility index (Phi) is 8.66. The molecule has 0 aliphatic heterocycles. The fourth-order valence-corrected chi connectivity index (χ4v) is 0.402. The van der Waals surface area contributed by atoms with Crippen molar-refractivity contribution in [3.8, 4) is 0 Å². The van der Waals surface area contributed by atoms with Gasteiger partial charge in [-0.05, 0) is 6.42 Å². The zero-order valence-corrected chi connectivity index (χ0v) is 7.90. The number of hydrogen-bond acceptors (Lipinski definition) is 3. The van der Waals surface area contributed by atoms with Crippen LogP contribution in [0.3, 0.4) is 0 Å². The summed E-state index contributed by atoms with van der Waals surface area (Å²) in [5, 5.41) is 16.3. The van der Waals surface area contributed by atoms with Crippen molar-refractivity contribution in [3.63, 3.8) is 0 Å². The number of nitrogens with two attached hydrogens (primary N) is 1. The minimum atomic E-state index is -1.17. The molecule has 6 heteroatoms. The average molecular weight is 304 g/mol. The van der Waals surface area contributed by atoms with Gasteiger partial charge < -0.3 is 15.9 Å². The van der Waals surface area contributed by atoms with Crippen LogP contribution in [0, 0.1) is 39.9 Å². The van der Waals surface area contributed by atoms with E-state index in [0.717, 1.165) is 0 Å². The molecule has 0 spiro atoms. The van der Waals surface area contributed by atoms with Crippen LogP contribution in [0.1, 0.15) is 12.8 Å². The van der Waals surface area contributed by atoms with Crippen LogP contribution >= 0.6 is 0 Å². The smallest absolute Gasteiger partial charge is 0.320 e. The van der Waals surface area contributed by atoms with Crippen LogP contribution in [0.15, 0.2) is 0 Å². The van der Waals surface area contributed by atoms with Crippen LogP contribution < -0.4 is 5.73 Å². The number of carboxylic acid groups (broad SMARTS) is 2. The third kappa shape index (κ3) is 8.13. The Morgan fingerprint density at radius 3 is 2.09 bits per heavy atom. The molecule has 0 heterocycles. The summed E-state index contributed by atoms with van der Waals surface area (Å²) in [6.45, 7) is 0. The van der Waals surface area contributed by atoms with E-state index in [0.29, 0.717) is 0 Å². The third-order valence-corrected chi connectivity index (χ3v) is 0.986. The fraction of sp³-hybridized carbons (Fsp3) is 0.600. The second-order valence-corrected chi connectivity index (χ2v) is 1.88. The van der Waals surface area contributed by atoms with Gasteiger partial charge in [0.05, 0.1) is 0 Å². The summed E-state index contributed by atoms with van der Waals surface area (Å²) in [7, 11) is 0. The average Bonchev–Trinajstić information content (AvgIpc) is 1.82. The van der Waals surface area contributed by atoms with E-state index in [9.17, 15) is 9.59 Å². The Morgan fingerprint density at radius 1 is 1.36 bits per heavy atom. The van der Waals surface area contributed by atoms with Crippen LogP contribution in [0.2, 0.25) is 0 Å². The maximum atomic E-state index is 9.99. The van der Waals surface area contributed by atoms with Crippen molar-refractivity contribution in [2.75, 3.05) is 0 Å². The number of aliphatic carboxylic acids is 2. The quantitative estimate of drug-likeness (QED) is 0.635. The molecule has 1 atom stereocenters. The molecular weight excluding hydrogens is 295 g/mol. The zero-order valence-electron chi connectivity index (χ0n) is 5.63. The Bertz CT molecular complexity index is 149. The van der Waals surface area contributed by atoms with Gasteiger partial charge in [-0.1, -0.05) is 0 Å². The van der Waals surface area contributed by atoms with Gasteiger partial charge in [0.25, 0.3) is 0 Å². The first kappa shape index (κ1) is 13.8. The van der Waals surface area contributed by atoms with Gasteiger partial charge in [-0.15, -0.1) is 0 Å². The summed E-state index contributed by atoms with van der Waals surface area (Å²) in [4.78, 5) is 19.9. The Labute approximate surface area is 95.6 Å². The molecule has 0 aromatic carbocycles. The predicted octanol–water partition coefficient (Wildman–Crippen LogP) is -0.737. The van der Waals surface area contributed by atoms with E-state index in [4.69, 9.17) is 15.9 Å². The van der Waals surface area contributed by atoms with Gasteiger partial charge in [-0.2, -0.15) is 0 Å². The maximum absolute atomic E-state index is 9.99. The molecule has 0 saturated heterocycles. The molecule has 0 aliphatic rings. The number of hydrogen-bond donors (Lipinski definition) is 3. The molecule has 0 radical (unpaired) electrons. The van der Waals surface area contributed by atoms with Gasteiger partial charge >= 0.3 is 11.9 Å². The van der Waals surface area contributed by atoms with Crippen molar-refractivity contribution in [2.45, 2.75) is 18.9 Å². The van der Waals surface area contributed by atoms with E-state index >= 15 is 0 Å². The van der Waals surface area contributed by atoms with Crippen LogP contribution in [0.5, 0.6) is 0 Å². The molecule has 66 valence electrons. The topological polar surface area (TPSA) is 101 Å². The maximum Gasteiger partial charge on any atom is 0.320 e. The molecule has 0 unspecified atom stereocenters. The van der Waals surface area contributed by atoms with Gasteiger partial charge in [0.2, 0.25) is 0 Å². The Hall–Kier alpha value is 0.225. The summed E-state index contributed by atoms with van der Waals surface area (Å²) in [6.07, 6.45) is -0.224. The summed E-state index contributed by atoms with van der Waals surface area (Å²) in [6, 6.07) is -1.06. The predicted molar refractivity (Wildman–Crippen MR) is 32.5 cm³/mol. The van der Waals surface area contributed by atoms with Crippen LogP contribution in [-0.2, 0) is 9.59 Å². The van der Waals surface area contributed by atoms with Crippen molar-refractivity contribution in [2.24, 2.45) is 5.73 Å². The van der Waals surface area contributed by atoms with Gasteiger partial charge in [0.1, 0.15) is 6.04 Å². The summed E-state index contributed by atoms with van der Waals surface area (Å²) in [5.74, 6) is -2.20. The normalized spacial score (nSPS) is 11.4. The van der Waals surface area contributed by atoms with Gasteiger partial charge in [0, 0.05) is 46.4 Å². The monoisotopic (exact) mass is 305 g/mol. The molecular formula is C5H9GdNO4. The SMILES string of the molecule is N[C@@H](CCC(=O)O)C(=O)O.[Gd]. The molecule has 0 aliphatic carbocycles. The van der Waals surface area contributed by atoms with E-state index in [1.54, 1.807) is 0 Å². The first-order valence-electron chi connectivity index (χ1n) is 2.74. The Morgan fingerprint density at radius 2 is 1.82 bits per heavy atom. The molecule has 11 heavy (non-hydrogen) atoms. The van der Waals surface area contributed by atoms with E-state index in [1.807, 2.05) is 0 Å². The second kappa shape index (κ2) is 6.91. The fourth-order valence-electron chi connectivity index (χ4n) is 0.402. The number of rotatable bonds is 4. The molecule has 0 bridgehead atoms. The standard InChI is InChI=1S/C5H9NO4.Gd/c6-3(5(9)10)1-2-4(7)8;/h3H,1-2,6H2,(H,7,8)(H,9,10);/t3-;/m0./s1. The van der Waals surface area contributed by atoms with E-state index in [1.165, 1.54) is 0 Å². The van der Waals surface area contributed by atoms with Gasteiger partial charge in [0.15, 0.2) is 0 Å². The minimum Gasteiger partial charge on any atom is -0.481 e. The molecule has 0 aromatic heterocycles. The first-order valence-corrected chi connectivity index (χ1v) is 2.74. The van der Waals surface area contributed by atoms with Crippen LogP contribution in [0.4, 0.5) is 0 Å². The second-order valence-electron chi connectivity index (χ2n) is 1.88. The molecule has 5 nitrogen and oxygen atoms in total. The Balaban J connectivity index is 0. The van der Waals surface area contributed by atoms with Gasteiger partial charge in [-0.25, -0.2) is 0 Å². The molecule has 0 fully saturated rings. The van der Waals surface area contributed by atoms with Gasteiger partial charge in [-0.3, -0.25) is 9.59 Å². The van der Waals surface area contributed by atoms with Crippen molar-refractivity contribution in [3.05, 3.63) is 0 Å². The molecule has 0 saturated carbocycles. The zero-order chi connectivity index (χ0) is 8.15. The summed E-state index contributed by atoms with van der Waals surface area (Å²) in [5.41, 5.74) is 5.00. The van der Waals surface area contributed by atoms with E-state index < -0.39 is 18.0 Å². The largest absolute Gasteiger partial charge is 0.481 e. The van der Waals surface area contributed by atoms with E-state index in [2.05, 4.69) is 0 Å². The summed E-state index contributed by atoms with van der Waals surface area (Å²) < 4.78 is 0. The minimum absolute atomic E-state index is 0. The van der Waals surface area contributed by atoms with Crippen molar-refractivity contribution in [1.29, 1.82) is 0 Å². The van der Waals surface area contributed by atoms with Crippen molar-refractivity contribution in [1.82, 2.24) is 0 Å². The molecule has 0 amide bonds.